The topological polar surface area (TPSA) is 96.6 Å². The Bertz CT molecular complexity index is 1970. The predicted octanol–water partition coefficient (Wildman–Crippen LogP) is 6.18. The first-order valence-corrected chi connectivity index (χ1v) is 14.0. The van der Waals surface area contributed by atoms with Crippen molar-refractivity contribution in [3.05, 3.63) is 123 Å². The van der Waals surface area contributed by atoms with Gasteiger partial charge in [-0.15, -0.1) is 0 Å². The molecule has 0 aliphatic heterocycles. The molecule has 0 N–H and O–H groups in total. The SMILES string of the molecule is CC1(C)CCc2nc(C#Cc3cncc(F)c3)ccc2C1=O.N#Cc1cc(F)cc(C#Cc2ccc3c(n2)CCCC3=O)c1. The molecule has 6 nitrogen and oxygen atoms in total. The molecular weight excluding hydrogens is 558 g/mol. The van der Waals surface area contributed by atoms with Gasteiger partial charge in [0, 0.05) is 40.3 Å². The summed E-state index contributed by atoms with van der Waals surface area (Å²) in [6.07, 6.45) is 6.35. The number of hydrogen-bond acceptors (Lipinski definition) is 6. The van der Waals surface area contributed by atoms with E-state index < -0.39 is 11.6 Å². The molecular formula is C36H26F2N4O2. The number of ketones is 2. The number of aryl methyl sites for hydroxylation is 2. The van der Waals surface area contributed by atoms with Crippen molar-refractivity contribution in [3.63, 3.8) is 0 Å². The molecule has 2 aliphatic rings. The average Bonchev–Trinajstić information content (AvgIpc) is 3.01. The van der Waals surface area contributed by atoms with Gasteiger partial charge < -0.3 is 0 Å². The smallest absolute Gasteiger partial charge is 0.170 e. The molecule has 0 radical (unpaired) electrons. The normalized spacial score (nSPS) is 14.2. The third-order valence-corrected chi connectivity index (χ3v) is 7.31. The van der Waals surface area contributed by atoms with E-state index in [1.165, 1.54) is 24.4 Å². The van der Waals surface area contributed by atoms with Gasteiger partial charge in [0.05, 0.1) is 29.2 Å². The monoisotopic (exact) mass is 584 g/mol. The molecule has 0 saturated heterocycles. The Morgan fingerprint density at radius 3 is 2.07 bits per heavy atom. The van der Waals surface area contributed by atoms with E-state index in [0.717, 1.165) is 49.3 Å². The Labute approximate surface area is 254 Å². The zero-order valence-electron chi connectivity index (χ0n) is 24.2. The number of carbonyl (C=O) groups is 2. The van der Waals surface area contributed by atoms with E-state index in [1.54, 1.807) is 24.3 Å². The zero-order valence-corrected chi connectivity index (χ0v) is 24.2. The molecule has 44 heavy (non-hydrogen) atoms. The van der Waals surface area contributed by atoms with Crippen molar-refractivity contribution >= 4 is 11.6 Å². The maximum Gasteiger partial charge on any atom is 0.170 e. The van der Waals surface area contributed by atoms with E-state index in [1.807, 2.05) is 19.9 Å². The van der Waals surface area contributed by atoms with Crippen LogP contribution in [0, 0.1) is 52.1 Å². The fourth-order valence-electron chi connectivity index (χ4n) is 4.92. The fraction of sp³-hybridized carbons (Fsp3) is 0.222. The van der Waals surface area contributed by atoms with Gasteiger partial charge in [0.1, 0.15) is 23.0 Å². The maximum absolute atomic E-state index is 13.3. The van der Waals surface area contributed by atoms with Crippen molar-refractivity contribution < 1.29 is 18.4 Å². The summed E-state index contributed by atoms with van der Waals surface area (Å²) in [5.74, 6) is 10.7. The van der Waals surface area contributed by atoms with Gasteiger partial charge in [0.25, 0.3) is 0 Å². The molecule has 0 atom stereocenters. The van der Waals surface area contributed by atoms with Crippen molar-refractivity contribution in [2.24, 2.45) is 5.41 Å². The second-order valence-corrected chi connectivity index (χ2v) is 11.1. The molecule has 0 amide bonds. The van der Waals surface area contributed by atoms with Crippen molar-refractivity contribution in [3.8, 4) is 29.8 Å². The Morgan fingerprint density at radius 2 is 1.36 bits per heavy atom. The van der Waals surface area contributed by atoms with Crippen LogP contribution in [0.2, 0.25) is 0 Å². The zero-order chi connectivity index (χ0) is 31.3. The first-order chi connectivity index (χ1) is 21.1. The quantitative estimate of drug-likeness (QED) is 0.229. The number of halogens is 2. The van der Waals surface area contributed by atoms with E-state index in [4.69, 9.17) is 5.26 Å². The lowest BCUT2D eigenvalue weighted by Gasteiger charge is -2.28. The molecule has 216 valence electrons. The van der Waals surface area contributed by atoms with Gasteiger partial charge in [-0.3, -0.25) is 14.6 Å². The molecule has 2 aliphatic carbocycles. The number of aromatic nitrogens is 3. The minimum atomic E-state index is -0.493. The summed E-state index contributed by atoms with van der Waals surface area (Å²) in [5, 5.41) is 8.82. The Balaban J connectivity index is 0.000000175. The molecule has 0 fully saturated rings. The number of Topliss-reactive ketones (excluding diaryl/α,β-unsaturated/α-hetero) is 2. The van der Waals surface area contributed by atoms with E-state index in [2.05, 4.69) is 38.6 Å². The standard InChI is InChI=1S/C18H15FN2O.C18H11FN2O/c1-18(2)8-7-16-15(17(18)22)6-5-14(21-16)4-3-12-9-13(19)11-20-10-12;19-14-9-12(8-13(10-14)11-20)4-5-15-6-7-16-17(21-15)2-1-3-18(16)22/h5-6,9-11H,7-8H2,1-2H3;6-10H,1-3H2. The number of hydrogen-bond donors (Lipinski definition) is 0. The Hall–Kier alpha value is -5.52. The third kappa shape index (κ3) is 7.09. The number of rotatable bonds is 0. The molecule has 0 saturated carbocycles. The molecule has 8 heteroatoms. The van der Waals surface area contributed by atoms with Crippen LogP contribution in [0.3, 0.4) is 0 Å². The largest absolute Gasteiger partial charge is 0.294 e. The summed E-state index contributed by atoms with van der Waals surface area (Å²) in [6.45, 7) is 3.92. The Kier molecular flexibility index (Phi) is 8.70. The van der Waals surface area contributed by atoms with Gasteiger partial charge in [0.2, 0.25) is 0 Å². The summed E-state index contributed by atoms with van der Waals surface area (Å²) < 4.78 is 26.4. The van der Waals surface area contributed by atoms with Crippen LogP contribution in [-0.4, -0.2) is 26.5 Å². The van der Waals surface area contributed by atoms with Gasteiger partial charge >= 0.3 is 0 Å². The van der Waals surface area contributed by atoms with Crippen LogP contribution < -0.4 is 0 Å². The van der Waals surface area contributed by atoms with Gasteiger partial charge in [-0.1, -0.05) is 25.7 Å². The summed E-state index contributed by atoms with van der Waals surface area (Å²) >= 11 is 0. The number of fused-ring (bicyclic) bond motifs is 2. The molecule has 1 aromatic carbocycles. The number of pyridine rings is 3. The Morgan fingerprint density at radius 1 is 0.727 bits per heavy atom. The van der Waals surface area contributed by atoms with E-state index in [9.17, 15) is 18.4 Å². The highest BCUT2D eigenvalue weighted by Crippen LogP contribution is 2.33. The predicted molar refractivity (Wildman–Crippen MR) is 159 cm³/mol. The van der Waals surface area contributed by atoms with Crippen LogP contribution >= 0.6 is 0 Å². The maximum atomic E-state index is 13.3. The molecule has 4 aromatic rings. The van der Waals surface area contributed by atoms with E-state index in [-0.39, 0.29) is 22.5 Å². The van der Waals surface area contributed by atoms with Crippen LogP contribution in [0.1, 0.15) is 93.3 Å². The lowest BCUT2D eigenvalue weighted by atomic mass is 9.75. The summed E-state index contributed by atoms with van der Waals surface area (Å²) in [4.78, 5) is 36.7. The van der Waals surface area contributed by atoms with Gasteiger partial charge in [0.15, 0.2) is 11.6 Å². The minimum Gasteiger partial charge on any atom is -0.294 e. The second kappa shape index (κ2) is 12.8. The number of benzene rings is 1. The lowest BCUT2D eigenvalue weighted by Crippen LogP contribution is -2.31. The summed E-state index contributed by atoms with van der Waals surface area (Å²) in [5.41, 5.74) is 4.88. The van der Waals surface area contributed by atoms with Crippen molar-refractivity contribution in [1.29, 1.82) is 5.26 Å². The number of carbonyl (C=O) groups excluding carboxylic acids is 2. The van der Waals surface area contributed by atoms with Crippen LogP contribution in [0.25, 0.3) is 0 Å². The fourth-order valence-corrected chi connectivity index (χ4v) is 4.92. The number of nitrogens with zero attached hydrogens (tertiary/aromatic N) is 4. The van der Waals surface area contributed by atoms with Crippen LogP contribution in [0.5, 0.6) is 0 Å². The van der Waals surface area contributed by atoms with Gasteiger partial charge in [-0.05, 0) is 86.1 Å². The van der Waals surface area contributed by atoms with Crippen molar-refractivity contribution in [2.75, 3.05) is 0 Å². The van der Waals surface area contributed by atoms with Crippen molar-refractivity contribution in [2.45, 2.75) is 46.0 Å². The van der Waals surface area contributed by atoms with Gasteiger partial charge in [-0.2, -0.15) is 5.26 Å². The van der Waals surface area contributed by atoms with Crippen molar-refractivity contribution in [1.82, 2.24) is 15.0 Å². The molecule has 3 heterocycles. The molecule has 6 rings (SSSR count). The molecule has 0 spiro atoms. The van der Waals surface area contributed by atoms with Gasteiger partial charge in [-0.25, -0.2) is 18.7 Å². The summed E-state index contributed by atoms with van der Waals surface area (Å²) in [6, 6.07) is 14.1. The third-order valence-electron chi connectivity index (χ3n) is 7.31. The minimum absolute atomic E-state index is 0.122. The van der Waals surface area contributed by atoms with E-state index >= 15 is 0 Å². The summed E-state index contributed by atoms with van der Waals surface area (Å²) in [7, 11) is 0. The molecule has 3 aromatic heterocycles. The average molecular weight is 585 g/mol. The highest BCUT2D eigenvalue weighted by molar-refractivity contribution is 6.02. The second-order valence-electron chi connectivity index (χ2n) is 11.1. The van der Waals surface area contributed by atoms with Crippen LogP contribution in [-0.2, 0) is 12.8 Å². The first-order valence-electron chi connectivity index (χ1n) is 14.0. The molecule has 0 bridgehead atoms. The number of nitriles is 1. The van der Waals surface area contributed by atoms with Crippen LogP contribution in [0.4, 0.5) is 8.78 Å². The highest BCUT2D eigenvalue weighted by Gasteiger charge is 2.34. The first kappa shape index (κ1) is 30.0. The molecule has 0 unspecified atom stereocenters. The van der Waals surface area contributed by atoms with E-state index in [0.29, 0.717) is 40.1 Å². The lowest BCUT2D eigenvalue weighted by molar-refractivity contribution is 0.0809. The van der Waals surface area contributed by atoms with Crippen LogP contribution in [0.15, 0.2) is 60.9 Å². The highest BCUT2D eigenvalue weighted by atomic mass is 19.1.